The Kier molecular flexibility index (Phi) is 7.42. The lowest BCUT2D eigenvalue weighted by molar-refractivity contribution is 0.243. The fourth-order valence-corrected chi connectivity index (χ4v) is 2.26. The van der Waals surface area contributed by atoms with E-state index in [0.29, 0.717) is 6.61 Å². The molecule has 0 aromatic rings. The second-order valence-corrected chi connectivity index (χ2v) is 5.84. The summed E-state index contributed by atoms with van der Waals surface area (Å²) in [5, 5.41) is 3.14. The zero-order valence-corrected chi connectivity index (χ0v) is 10.3. The van der Waals surface area contributed by atoms with Crippen LogP contribution in [0.3, 0.4) is 0 Å². The van der Waals surface area contributed by atoms with E-state index in [9.17, 15) is 8.42 Å². The second kappa shape index (κ2) is 7.70. The van der Waals surface area contributed by atoms with Gasteiger partial charge in [-0.05, 0) is 19.9 Å². The van der Waals surface area contributed by atoms with Gasteiger partial charge in [0.15, 0.2) is 9.84 Å². The van der Waals surface area contributed by atoms with Crippen molar-refractivity contribution in [2.75, 3.05) is 24.7 Å². The first-order valence-electron chi connectivity index (χ1n) is 5.18. The summed E-state index contributed by atoms with van der Waals surface area (Å²) in [5.41, 5.74) is 0. The molecule has 0 amide bonds. The van der Waals surface area contributed by atoms with Crippen LogP contribution in [0.2, 0.25) is 0 Å². The molecule has 1 unspecified atom stereocenters. The first kappa shape index (κ1) is 14.5. The lowest BCUT2D eigenvalue weighted by Crippen LogP contribution is -2.34. The Labute approximate surface area is 92.6 Å². The predicted molar refractivity (Wildman–Crippen MR) is 62.6 cm³/mol. The van der Waals surface area contributed by atoms with E-state index in [1.807, 2.05) is 6.92 Å². The van der Waals surface area contributed by atoms with Gasteiger partial charge in [0.05, 0.1) is 18.6 Å². The molecule has 5 heteroatoms. The number of nitrogens with one attached hydrogen (secondary N) is 1. The van der Waals surface area contributed by atoms with Crippen molar-refractivity contribution < 1.29 is 13.2 Å². The van der Waals surface area contributed by atoms with Crippen LogP contribution >= 0.6 is 0 Å². The van der Waals surface area contributed by atoms with Crippen molar-refractivity contribution in [1.82, 2.24) is 5.32 Å². The van der Waals surface area contributed by atoms with Gasteiger partial charge in [0.2, 0.25) is 0 Å². The van der Waals surface area contributed by atoms with Gasteiger partial charge < -0.3 is 10.1 Å². The third-order valence-electron chi connectivity index (χ3n) is 1.99. The topological polar surface area (TPSA) is 55.4 Å². The second-order valence-electron chi connectivity index (χ2n) is 3.45. The van der Waals surface area contributed by atoms with E-state index in [2.05, 4.69) is 11.9 Å². The fourth-order valence-electron chi connectivity index (χ4n) is 1.14. The zero-order chi connectivity index (χ0) is 11.7. The standard InChI is InChI=1S/C10H21NO3S/c1-4-14-8-6-7-11-10(3)9-15(12,13)5-2/h4,10-11H,1,5-9H2,2-3H3. The molecule has 90 valence electrons. The van der Waals surface area contributed by atoms with Crippen LogP contribution in [0.1, 0.15) is 20.3 Å². The number of ether oxygens (including phenoxy) is 1. The van der Waals surface area contributed by atoms with Crippen LogP contribution in [-0.2, 0) is 14.6 Å². The maximum Gasteiger partial charge on any atom is 0.151 e. The zero-order valence-electron chi connectivity index (χ0n) is 9.53. The van der Waals surface area contributed by atoms with Crippen molar-refractivity contribution in [2.24, 2.45) is 0 Å². The molecule has 0 fully saturated rings. The average molecular weight is 235 g/mol. The molecule has 15 heavy (non-hydrogen) atoms. The summed E-state index contributed by atoms with van der Waals surface area (Å²) >= 11 is 0. The van der Waals surface area contributed by atoms with Gasteiger partial charge in [0, 0.05) is 11.8 Å². The van der Waals surface area contributed by atoms with Crippen molar-refractivity contribution in [3.8, 4) is 0 Å². The van der Waals surface area contributed by atoms with E-state index in [1.165, 1.54) is 6.26 Å². The van der Waals surface area contributed by atoms with Crippen LogP contribution in [0.5, 0.6) is 0 Å². The number of hydrogen-bond acceptors (Lipinski definition) is 4. The molecule has 1 atom stereocenters. The van der Waals surface area contributed by atoms with Crippen molar-refractivity contribution in [1.29, 1.82) is 0 Å². The van der Waals surface area contributed by atoms with Gasteiger partial charge in [0.25, 0.3) is 0 Å². The minimum atomic E-state index is -2.88. The molecule has 0 heterocycles. The summed E-state index contributed by atoms with van der Waals surface area (Å²) in [6, 6.07) is -0.00122. The minimum Gasteiger partial charge on any atom is -0.502 e. The molecule has 0 saturated carbocycles. The van der Waals surface area contributed by atoms with E-state index in [-0.39, 0.29) is 17.5 Å². The van der Waals surface area contributed by atoms with Gasteiger partial charge in [-0.1, -0.05) is 13.5 Å². The SMILES string of the molecule is C=COCCCNC(C)CS(=O)(=O)CC. The molecular formula is C10H21NO3S. The molecule has 0 radical (unpaired) electrons. The lowest BCUT2D eigenvalue weighted by Gasteiger charge is -2.13. The van der Waals surface area contributed by atoms with Crippen LogP contribution in [0, 0.1) is 0 Å². The molecule has 0 aliphatic heterocycles. The van der Waals surface area contributed by atoms with Crippen molar-refractivity contribution >= 4 is 9.84 Å². The average Bonchev–Trinajstić information content (AvgIpc) is 2.17. The highest BCUT2D eigenvalue weighted by Gasteiger charge is 2.12. The Morgan fingerprint density at radius 3 is 2.73 bits per heavy atom. The summed E-state index contributed by atoms with van der Waals surface area (Å²) in [7, 11) is -2.88. The van der Waals surface area contributed by atoms with Gasteiger partial charge >= 0.3 is 0 Å². The molecule has 0 aliphatic rings. The Morgan fingerprint density at radius 2 is 2.20 bits per heavy atom. The van der Waals surface area contributed by atoms with Crippen LogP contribution in [-0.4, -0.2) is 39.1 Å². The van der Waals surface area contributed by atoms with Crippen LogP contribution < -0.4 is 5.32 Å². The quantitative estimate of drug-likeness (QED) is 0.477. The Balaban J connectivity index is 3.57. The molecule has 0 spiro atoms. The summed E-state index contributed by atoms with van der Waals surface area (Å²) in [6.45, 7) is 8.35. The van der Waals surface area contributed by atoms with Crippen LogP contribution in [0.15, 0.2) is 12.8 Å². The minimum absolute atomic E-state index is 0.00122. The normalized spacial score (nSPS) is 13.5. The molecule has 4 nitrogen and oxygen atoms in total. The summed E-state index contributed by atoms with van der Waals surface area (Å²) in [4.78, 5) is 0. The largest absolute Gasteiger partial charge is 0.502 e. The molecule has 0 saturated heterocycles. The summed E-state index contributed by atoms with van der Waals surface area (Å²) in [5.74, 6) is 0.407. The number of rotatable bonds is 9. The smallest absolute Gasteiger partial charge is 0.151 e. The fraction of sp³-hybridized carbons (Fsp3) is 0.800. The Hall–Kier alpha value is -0.550. The monoisotopic (exact) mass is 235 g/mol. The van der Waals surface area contributed by atoms with E-state index in [4.69, 9.17) is 4.74 Å². The van der Waals surface area contributed by atoms with E-state index < -0.39 is 9.84 Å². The highest BCUT2D eigenvalue weighted by Crippen LogP contribution is 1.94. The molecular weight excluding hydrogens is 214 g/mol. The van der Waals surface area contributed by atoms with Crippen molar-refractivity contribution in [3.63, 3.8) is 0 Å². The van der Waals surface area contributed by atoms with Crippen LogP contribution in [0.4, 0.5) is 0 Å². The first-order valence-corrected chi connectivity index (χ1v) is 7.00. The van der Waals surface area contributed by atoms with Gasteiger partial charge in [-0.3, -0.25) is 0 Å². The Morgan fingerprint density at radius 1 is 1.53 bits per heavy atom. The van der Waals surface area contributed by atoms with E-state index in [0.717, 1.165) is 13.0 Å². The third kappa shape index (κ3) is 8.44. The molecule has 0 aromatic heterocycles. The van der Waals surface area contributed by atoms with Gasteiger partial charge in [-0.2, -0.15) is 0 Å². The van der Waals surface area contributed by atoms with E-state index >= 15 is 0 Å². The molecule has 0 rings (SSSR count). The highest BCUT2D eigenvalue weighted by molar-refractivity contribution is 7.91. The Bertz CT molecular complexity index is 262. The van der Waals surface area contributed by atoms with Gasteiger partial charge in [-0.25, -0.2) is 8.42 Å². The summed E-state index contributed by atoms with van der Waals surface area (Å²) in [6.07, 6.45) is 2.26. The predicted octanol–water partition coefficient (Wildman–Crippen LogP) is 0.949. The molecule has 0 aromatic carbocycles. The third-order valence-corrected chi connectivity index (χ3v) is 3.88. The van der Waals surface area contributed by atoms with Gasteiger partial charge in [0.1, 0.15) is 0 Å². The lowest BCUT2D eigenvalue weighted by atomic mass is 10.3. The molecule has 0 aliphatic carbocycles. The summed E-state index contributed by atoms with van der Waals surface area (Å²) < 4.78 is 27.5. The maximum atomic E-state index is 11.3. The number of sulfone groups is 1. The molecule has 1 N–H and O–H groups in total. The van der Waals surface area contributed by atoms with Crippen LogP contribution in [0.25, 0.3) is 0 Å². The van der Waals surface area contributed by atoms with E-state index in [1.54, 1.807) is 6.92 Å². The maximum absolute atomic E-state index is 11.3. The number of hydrogen-bond donors (Lipinski definition) is 1. The van der Waals surface area contributed by atoms with Gasteiger partial charge in [-0.15, -0.1) is 0 Å². The van der Waals surface area contributed by atoms with Crippen molar-refractivity contribution in [2.45, 2.75) is 26.3 Å². The highest BCUT2D eigenvalue weighted by atomic mass is 32.2. The first-order chi connectivity index (χ1) is 7.02. The molecule has 0 bridgehead atoms. The van der Waals surface area contributed by atoms with Crippen molar-refractivity contribution in [3.05, 3.63) is 12.8 Å².